The zero-order valence-corrected chi connectivity index (χ0v) is 15.7. The predicted molar refractivity (Wildman–Crippen MR) is 105 cm³/mol. The van der Waals surface area contributed by atoms with Crippen LogP contribution < -0.4 is 10.1 Å². The number of carbonyl (C=O) groups is 1. The second-order valence-electron chi connectivity index (χ2n) is 5.73. The van der Waals surface area contributed by atoms with Crippen molar-refractivity contribution in [1.29, 1.82) is 0 Å². The summed E-state index contributed by atoms with van der Waals surface area (Å²) in [6.07, 6.45) is 2.38. The van der Waals surface area contributed by atoms with Gasteiger partial charge in [0.25, 0.3) is 0 Å². The van der Waals surface area contributed by atoms with Crippen LogP contribution in [0, 0.1) is 0 Å². The van der Waals surface area contributed by atoms with Crippen LogP contribution in [0.4, 0.5) is 5.82 Å². The normalized spacial score (nSPS) is 10.5. The highest BCUT2D eigenvalue weighted by Gasteiger charge is 2.08. The third-order valence-electron chi connectivity index (χ3n) is 3.85. The number of para-hydroxylation sites is 1. The van der Waals surface area contributed by atoms with Crippen LogP contribution in [0.25, 0.3) is 10.6 Å². The van der Waals surface area contributed by atoms with Gasteiger partial charge in [0.1, 0.15) is 17.9 Å². The maximum Gasteiger partial charge on any atom is 0.169 e. The van der Waals surface area contributed by atoms with Crippen molar-refractivity contribution in [1.82, 2.24) is 9.97 Å². The van der Waals surface area contributed by atoms with E-state index in [2.05, 4.69) is 21.4 Å². The zero-order valence-electron chi connectivity index (χ0n) is 14.9. The Kier molecular flexibility index (Phi) is 5.96. The number of thiophene rings is 1. The van der Waals surface area contributed by atoms with Gasteiger partial charge in [-0.15, -0.1) is 11.3 Å². The van der Waals surface area contributed by atoms with Gasteiger partial charge in [-0.25, -0.2) is 9.97 Å². The van der Waals surface area contributed by atoms with Crippen LogP contribution in [0.2, 0.25) is 0 Å². The Balaban J connectivity index is 1.65. The molecule has 0 aliphatic carbocycles. The minimum Gasteiger partial charge on any atom is -0.494 e. The summed E-state index contributed by atoms with van der Waals surface area (Å²) in [5, 5.41) is 3.33. The summed E-state index contributed by atoms with van der Waals surface area (Å²) in [6.45, 7) is 4.95. The first-order valence-electron chi connectivity index (χ1n) is 8.55. The van der Waals surface area contributed by atoms with Gasteiger partial charge in [0.2, 0.25) is 0 Å². The summed E-state index contributed by atoms with van der Waals surface area (Å²) in [4.78, 5) is 21.8. The van der Waals surface area contributed by atoms with Crippen LogP contribution in [0.5, 0.6) is 5.75 Å². The Morgan fingerprint density at radius 3 is 2.81 bits per heavy atom. The van der Waals surface area contributed by atoms with Gasteiger partial charge >= 0.3 is 0 Å². The lowest BCUT2D eigenvalue weighted by molar-refractivity contribution is 0.102. The maximum absolute atomic E-state index is 11.5. The Hall–Kier alpha value is -2.73. The third-order valence-corrected chi connectivity index (χ3v) is 5.05. The molecule has 0 atom stereocenters. The first kappa shape index (κ1) is 18.1. The molecule has 0 radical (unpaired) electrons. The van der Waals surface area contributed by atoms with Crippen LogP contribution in [-0.2, 0) is 6.42 Å². The van der Waals surface area contributed by atoms with E-state index >= 15 is 0 Å². The van der Waals surface area contributed by atoms with Crippen LogP contribution in [0.15, 0.2) is 48.8 Å². The van der Waals surface area contributed by atoms with E-state index in [0.29, 0.717) is 6.61 Å². The molecular weight excluding hydrogens is 346 g/mol. The van der Waals surface area contributed by atoms with E-state index in [0.717, 1.165) is 40.0 Å². The molecule has 3 aromatic rings. The number of anilines is 1. The topological polar surface area (TPSA) is 64.1 Å². The molecule has 5 nitrogen and oxygen atoms in total. The monoisotopic (exact) mass is 367 g/mol. The van der Waals surface area contributed by atoms with Crippen molar-refractivity contribution in [3.63, 3.8) is 0 Å². The number of ether oxygens (including phenoxy) is 1. The molecule has 0 fully saturated rings. The van der Waals surface area contributed by atoms with Gasteiger partial charge in [0, 0.05) is 12.6 Å². The summed E-state index contributed by atoms with van der Waals surface area (Å²) in [7, 11) is 0. The van der Waals surface area contributed by atoms with Gasteiger partial charge in [-0.3, -0.25) is 4.79 Å². The quantitative estimate of drug-likeness (QED) is 0.596. The molecule has 26 heavy (non-hydrogen) atoms. The van der Waals surface area contributed by atoms with Crippen molar-refractivity contribution in [2.45, 2.75) is 20.3 Å². The average Bonchev–Trinajstić information content (AvgIpc) is 3.14. The van der Waals surface area contributed by atoms with Crippen LogP contribution in [0.3, 0.4) is 0 Å². The van der Waals surface area contributed by atoms with E-state index < -0.39 is 0 Å². The molecule has 1 N–H and O–H groups in total. The Labute approximate surface area is 157 Å². The van der Waals surface area contributed by atoms with Gasteiger partial charge in [-0.05, 0) is 44.0 Å². The van der Waals surface area contributed by atoms with Gasteiger partial charge in [0.05, 0.1) is 22.1 Å². The molecule has 0 amide bonds. The highest BCUT2D eigenvalue weighted by molar-refractivity contribution is 7.17. The first-order chi connectivity index (χ1) is 12.7. The fourth-order valence-corrected chi connectivity index (χ4v) is 3.45. The smallest absolute Gasteiger partial charge is 0.169 e. The van der Waals surface area contributed by atoms with Crippen molar-refractivity contribution in [2.24, 2.45) is 0 Å². The minimum absolute atomic E-state index is 0.0709. The number of nitrogens with zero attached hydrogens (tertiary/aromatic N) is 2. The Bertz CT molecular complexity index is 892. The van der Waals surface area contributed by atoms with Crippen LogP contribution in [-0.4, -0.2) is 28.9 Å². The van der Waals surface area contributed by atoms with Crippen molar-refractivity contribution < 1.29 is 9.53 Å². The van der Waals surface area contributed by atoms with Gasteiger partial charge in [-0.2, -0.15) is 0 Å². The van der Waals surface area contributed by atoms with Crippen molar-refractivity contribution in [3.05, 3.63) is 59.2 Å². The lowest BCUT2D eigenvalue weighted by atomic mass is 10.1. The molecule has 0 unspecified atom stereocenters. The Morgan fingerprint density at radius 1 is 1.19 bits per heavy atom. The summed E-state index contributed by atoms with van der Waals surface area (Å²) in [6, 6.07) is 13.7. The fourth-order valence-electron chi connectivity index (χ4n) is 2.59. The molecule has 2 aromatic heterocycles. The van der Waals surface area contributed by atoms with E-state index in [9.17, 15) is 4.79 Å². The molecule has 1 aromatic carbocycles. The van der Waals surface area contributed by atoms with Gasteiger partial charge in [-0.1, -0.05) is 18.2 Å². The molecule has 6 heteroatoms. The lowest BCUT2D eigenvalue weighted by Gasteiger charge is -2.11. The highest BCUT2D eigenvalue weighted by atomic mass is 32.1. The number of aromatic nitrogens is 2. The lowest BCUT2D eigenvalue weighted by Crippen LogP contribution is -2.08. The van der Waals surface area contributed by atoms with Crippen molar-refractivity contribution >= 4 is 22.9 Å². The third kappa shape index (κ3) is 4.46. The van der Waals surface area contributed by atoms with Crippen LogP contribution in [0.1, 0.15) is 29.1 Å². The average molecular weight is 367 g/mol. The van der Waals surface area contributed by atoms with Crippen molar-refractivity contribution in [2.75, 3.05) is 18.5 Å². The molecular formula is C20H21N3O2S. The first-order valence-corrected chi connectivity index (χ1v) is 9.36. The minimum atomic E-state index is 0.0709. The zero-order chi connectivity index (χ0) is 18.4. The summed E-state index contributed by atoms with van der Waals surface area (Å²) in [5.74, 6) is 1.76. The van der Waals surface area contributed by atoms with Crippen LogP contribution >= 0.6 is 11.3 Å². The molecule has 134 valence electrons. The second-order valence-corrected chi connectivity index (χ2v) is 6.81. The number of rotatable bonds is 8. The van der Waals surface area contributed by atoms with E-state index in [1.165, 1.54) is 16.9 Å². The number of benzene rings is 1. The van der Waals surface area contributed by atoms with E-state index in [1.807, 2.05) is 43.3 Å². The standard InChI is InChI=1S/C20H21N3O2S/c1-3-25-17-7-5-4-6-15(17)10-11-21-20-12-16(22-13-23-20)19-9-8-18(26-19)14(2)24/h4-9,12-13H,3,10-11H2,1-2H3,(H,21,22,23). The summed E-state index contributed by atoms with van der Waals surface area (Å²) >= 11 is 1.45. The number of nitrogens with one attached hydrogen (secondary N) is 1. The number of hydrogen-bond donors (Lipinski definition) is 1. The number of carbonyl (C=O) groups excluding carboxylic acids is 1. The highest BCUT2D eigenvalue weighted by Crippen LogP contribution is 2.27. The van der Waals surface area contributed by atoms with E-state index in [-0.39, 0.29) is 5.78 Å². The van der Waals surface area contributed by atoms with Crippen molar-refractivity contribution in [3.8, 4) is 16.3 Å². The predicted octanol–water partition coefficient (Wildman–Crippen LogP) is 4.46. The fraction of sp³-hybridized carbons (Fsp3) is 0.250. The maximum atomic E-state index is 11.5. The number of hydrogen-bond acceptors (Lipinski definition) is 6. The summed E-state index contributed by atoms with van der Waals surface area (Å²) < 4.78 is 5.66. The molecule has 0 saturated carbocycles. The molecule has 0 aliphatic heterocycles. The largest absolute Gasteiger partial charge is 0.494 e. The molecule has 0 saturated heterocycles. The summed E-state index contributed by atoms with van der Waals surface area (Å²) in [5.41, 5.74) is 1.98. The molecule has 2 heterocycles. The SMILES string of the molecule is CCOc1ccccc1CCNc1cc(-c2ccc(C(C)=O)s2)ncn1. The number of ketones is 1. The molecule has 0 bridgehead atoms. The molecule has 3 rings (SSSR count). The van der Waals surface area contributed by atoms with Gasteiger partial charge in [0.15, 0.2) is 5.78 Å². The molecule has 0 aliphatic rings. The van der Waals surface area contributed by atoms with Gasteiger partial charge < -0.3 is 10.1 Å². The molecule has 0 spiro atoms. The van der Waals surface area contributed by atoms with E-state index in [1.54, 1.807) is 13.3 Å². The Morgan fingerprint density at radius 2 is 2.04 bits per heavy atom. The second kappa shape index (κ2) is 8.58. The van der Waals surface area contributed by atoms with E-state index in [4.69, 9.17) is 4.74 Å². The number of Topliss-reactive ketones (excluding diaryl/α,β-unsaturated/α-hetero) is 1.